The van der Waals surface area contributed by atoms with Gasteiger partial charge in [0.15, 0.2) is 0 Å². The molecule has 5 nitrogen and oxygen atoms in total. The lowest BCUT2D eigenvalue weighted by atomic mass is 9.95. The maximum atomic E-state index is 12.0. The number of hydrogen-bond donors (Lipinski definition) is 2. The first-order valence-electron chi connectivity index (χ1n) is 6.93. The lowest BCUT2D eigenvalue weighted by Gasteiger charge is -2.17. The summed E-state index contributed by atoms with van der Waals surface area (Å²) in [5.74, 6) is 0.845. The highest BCUT2D eigenvalue weighted by molar-refractivity contribution is 6.31. The number of pyridine rings is 1. The molecule has 0 bridgehead atoms. The molecular weight excluding hydrogens is 349 g/mol. The zero-order valence-electron chi connectivity index (χ0n) is 12.2. The second-order valence-corrected chi connectivity index (χ2v) is 5.37. The van der Waals surface area contributed by atoms with E-state index in [-0.39, 0.29) is 36.6 Å². The predicted octanol–water partition coefficient (Wildman–Crippen LogP) is 2.45. The molecule has 8 heteroatoms. The largest absolute Gasteiger partial charge is 0.475 e. The fraction of sp³-hybridized carbons (Fsp3) is 0.571. The fourth-order valence-electron chi connectivity index (χ4n) is 2.59. The van der Waals surface area contributed by atoms with E-state index in [0.29, 0.717) is 36.5 Å². The number of rotatable bonds is 6. The first-order valence-corrected chi connectivity index (χ1v) is 7.31. The number of nitrogens with one attached hydrogen (secondary N) is 1. The van der Waals surface area contributed by atoms with Gasteiger partial charge in [0.1, 0.15) is 11.6 Å². The Balaban J connectivity index is 0.00000220. The molecule has 1 fully saturated rings. The number of carbonyl (C=O) groups excluding carboxylic acids is 1. The zero-order valence-corrected chi connectivity index (χ0v) is 14.6. The number of halogens is 3. The number of nitrogens with two attached hydrogens (primary N) is 1. The standard InChI is InChI=1S/C14H20ClN3O2.2ClH/c15-12-5-2-6-18-14(12)20-8-7-17-13(19)11-4-1-3-10(11)9-16;;/h2,5-6,10-11H,1,3-4,7-9,16H2,(H,17,19);2*1H/t10-,11-;;/m1../s1. The van der Waals surface area contributed by atoms with Gasteiger partial charge in [0, 0.05) is 12.1 Å². The highest BCUT2D eigenvalue weighted by Gasteiger charge is 2.31. The van der Waals surface area contributed by atoms with Crippen LogP contribution in [0.15, 0.2) is 18.3 Å². The third-order valence-corrected chi connectivity index (χ3v) is 3.95. The van der Waals surface area contributed by atoms with Crippen LogP contribution >= 0.6 is 36.4 Å². The minimum Gasteiger partial charge on any atom is -0.475 e. The lowest BCUT2D eigenvalue weighted by molar-refractivity contribution is -0.126. The van der Waals surface area contributed by atoms with Gasteiger partial charge in [-0.25, -0.2) is 4.98 Å². The van der Waals surface area contributed by atoms with Gasteiger partial charge in [-0.1, -0.05) is 18.0 Å². The van der Waals surface area contributed by atoms with Crippen LogP contribution in [0.4, 0.5) is 0 Å². The van der Waals surface area contributed by atoms with E-state index in [1.165, 1.54) is 0 Å². The molecular formula is C14H22Cl3N3O2. The SMILES string of the molecule is Cl.Cl.NC[C@H]1CCC[C@H]1C(=O)NCCOc1ncccc1Cl. The number of aromatic nitrogens is 1. The van der Waals surface area contributed by atoms with Crippen molar-refractivity contribution < 1.29 is 9.53 Å². The number of ether oxygens (including phenoxy) is 1. The van der Waals surface area contributed by atoms with Crippen LogP contribution in [-0.4, -0.2) is 30.6 Å². The molecule has 2 rings (SSSR count). The van der Waals surface area contributed by atoms with E-state index >= 15 is 0 Å². The van der Waals surface area contributed by atoms with Crippen LogP contribution < -0.4 is 15.8 Å². The highest BCUT2D eigenvalue weighted by atomic mass is 35.5. The summed E-state index contributed by atoms with van der Waals surface area (Å²) < 4.78 is 5.42. The van der Waals surface area contributed by atoms with Gasteiger partial charge in [-0.15, -0.1) is 24.8 Å². The molecule has 1 aromatic rings. The van der Waals surface area contributed by atoms with Gasteiger partial charge in [-0.05, 0) is 37.4 Å². The van der Waals surface area contributed by atoms with Crippen LogP contribution in [0.2, 0.25) is 5.02 Å². The molecule has 1 aromatic heterocycles. The third kappa shape index (κ3) is 5.80. The van der Waals surface area contributed by atoms with Crippen molar-refractivity contribution in [1.82, 2.24) is 10.3 Å². The Hall–Kier alpha value is -0.750. The fourth-order valence-corrected chi connectivity index (χ4v) is 2.77. The van der Waals surface area contributed by atoms with Crippen LogP contribution in [-0.2, 0) is 4.79 Å². The highest BCUT2D eigenvalue weighted by Crippen LogP contribution is 2.30. The molecule has 2 atom stereocenters. The van der Waals surface area contributed by atoms with Crippen LogP contribution in [0.5, 0.6) is 5.88 Å². The van der Waals surface area contributed by atoms with E-state index < -0.39 is 0 Å². The molecule has 126 valence electrons. The van der Waals surface area contributed by atoms with E-state index in [1.807, 2.05) is 0 Å². The smallest absolute Gasteiger partial charge is 0.232 e. The third-order valence-electron chi connectivity index (χ3n) is 3.66. The van der Waals surface area contributed by atoms with Gasteiger partial charge in [-0.3, -0.25) is 4.79 Å². The van der Waals surface area contributed by atoms with Crippen molar-refractivity contribution in [3.63, 3.8) is 0 Å². The Bertz CT molecular complexity index is 463. The van der Waals surface area contributed by atoms with Crippen molar-refractivity contribution in [3.8, 4) is 5.88 Å². The second-order valence-electron chi connectivity index (χ2n) is 4.96. The lowest BCUT2D eigenvalue weighted by Crippen LogP contribution is -2.37. The second kappa shape index (κ2) is 10.9. The molecule has 1 saturated carbocycles. The Morgan fingerprint density at radius 1 is 1.45 bits per heavy atom. The van der Waals surface area contributed by atoms with Gasteiger partial charge >= 0.3 is 0 Å². The number of amides is 1. The van der Waals surface area contributed by atoms with Crippen LogP contribution in [0.25, 0.3) is 0 Å². The normalized spacial score (nSPS) is 19.7. The quantitative estimate of drug-likeness (QED) is 0.754. The average molecular weight is 371 g/mol. The van der Waals surface area contributed by atoms with E-state index in [2.05, 4.69) is 10.3 Å². The van der Waals surface area contributed by atoms with Gasteiger partial charge in [0.05, 0.1) is 6.54 Å². The number of carbonyl (C=O) groups is 1. The molecule has 0 saturated heterocycles. The maximum absolute atomic E-state index is 12.0. The Kier molecular flexibility index (Phi) is 10.5. The monoisotopic (exact) mass is 369 g/mol. The molecule has 0 unspecified atom stereocenters. The Morgan fingerprint density at radius 2 is 2.23 bits per heavy atom. The Labute approximate surface area is 148 Å². The Morgan fingerprint density at radius 3 is 2.91 bits per heavy atom. The predicted molar refractivity (Wildman–Crippen MR) is 92.1 cm³/mol. The summed E-state index contributed by atoms with van der Waals surface area (Å²) in [5.41, 5.74) is 5.68. The van der Waals surface area contributed by atoms with Gasteiger partial charge in [0.2, 0.25) is 11.8 Å². The first-order chi connectivity index (χ1) is 9.72. The van der Waals surface area contributed by atoms with Crippen molar-refractivity contribution in [3.05, 3.63) is 23.4 Å². The van der Waals surface area contributed by atoms with Crippen molar-refractivity contribution >= 4 is 42.3 Å². The molecule has 0 spiro atoms. The zero-order chi connectivity index (χ0) is 14.4. The topological polar surface area (TPSA) is 77.2 Å². The number of hydrogen-bond acceptors (Lipinski definition) is 4. The van der Waals surface area contributed by atoms with Crippen LogP contribution in [0.3, 0.4) is 0 Å². The van der Waals surface area contributed by atoms with E-state index in [0.717, 1.165) is 19.3 Å². The summed E-state index contributed by atoms with van der Waals surface area (Å²) in [7, 11) is 0. The molecule has 1 heterocycles. The molecule has 0 aliphatic heterocycles. The van der Waals surface area contributed by atoms with Gasteiger partial charge in [0.25, 0.3) is 0 Å². The van der Waals surface area contributed by atoms with Crippen molar-refractivity contribution in [2.75, 3.05) is 19.7 Å². The van der Waals surface area contributed by atoms with E-state index in [1.54, 1.807) is 18.3 Å². The molecule has 3 N–H and O–H groups in total. The minimum atomic E-state index is 0. The molecule has 0 aromatic carbocycles. The van der Waals surface area contributed by atoms with Gasteiger partial charge < -0.3 is 15.8 Å². The van der Waals surface area contributed by atoms with E-state index in [4.69, 9.17) is 22.1 Å². The summed E-state index contributed by atoms with van der Waals surface area (Å²) in [6.45, 7) is 1.38. The summed E-state index contributed by atoms with van der Waals surface area (Å²) in [5, 5.41) is 3.36. The molecule has 22 heavy (non-hydrogen) atoms. The summed E-state index contributed by atoms with van der Waals surface area (Å²) >= 11 is 5.92. The number of nitrogens with zero attached hydrogens (tertiary/aromatic N) is 1. The maximum Gasteiger partial charge on any atom is 0.232 e. The average Bonchev–Trinajstić information content (AvgIpc) is 2.93. The van der Waals surface area contributed by atoms with Gasteiger partial charge in [-0.2, -0.15) is 0 Å². The minimum absolute atomic E-state index is 0. The molecule has 1 aliphatic rings. The van der Waals surface area contributed by atoms with Crippen molar-refractivity contribution in [2.24, 2.45) is 17.6 Å². The molecule has 1 aliphatic carbocycles. The molecule has 0 radical (unpaired) electrons. The first kappa shape index (κ1) is 21.2. The van der Waals surface area contributed by atoms with E-state index in [9.17, 15) is 4.79 Å². The van der Waals surface area contributed by atoms with Crippen LogP contribution in [0, 0.1) is 11.8 Å². The van der Waals surface area contributed by atoms with Crippen molar-refractivity contribution in [1.29, 1.82) is 0 Å². The summed E-state index contributed by atoms with van der Waals surface area (Å²) in [4.78, 5) is 16.0. The molecule has 1 amide bonds. The summed E-state index contributed by atoms with van der Waals surface area (Å²) in [6, 6.07) is 3.46. The summed E-state index contributed by atoms with van der Waals surface area (Å²) in [6.07, 6.45) is 4.68. The van der Waals surface area contributed by atoms with Crippen molar-refractivity contribution in [2.45, 2.75) is 19.3 Å². The van der Waals surface area contributed by atoms with Crippen LogP contribution in [0.1, 0.15) is 19.3 Å².